The zero-order valence-corrected chi connectivity index (χ0v) is 13.3. The second-order valence-electron chi connectivity index (χ2n) is 5.93. The minimum atomic E-state index is 0.749. The van der Waals surface area contributed by atoms with Crippen molar-refractivity contribution in [2.45, 2.75) is 45.4 Å². The normalized spacial score (nSPS) is 19.4. The number of aromatic nitrogens is 1. The van der Waals surface area contributed by atoms with Gasteiger partial charge in [0.1, 0.15) is 0 Å². The molecule has 3 rings (SSSR count). The highest BCUT2D eigenvalue weighted by Gasteiger charge is 2.24. The number of aromatic amines is 1. The number of halogens is 1. The third-order valence-electron chi connectivity index (χ3n) is 4.04. The monoisotopic (exact) mass is 353 g/mol. The molecule has 1 unspecified atom stereocenters. The Labute approximate surface area is 122 Å². The second kappa shape index (κ2) is 4.87. The van der Waals surface area contributed by atoms with Crippen LogP contribution < -0.4 is 0 Å². The molecule has 1 aromatic carbocycles. The molecule has 96 valence electrons. The summed E-state index contributed by atoms with van der Waals surface area (Å²) in [7, 11) is 0. The molecule has 0 fully saturated rings. The van der Waals surface area contributed by atoms with Gasteiger partial charge in [0.2, 0.25) is 0 Å². The van der Waals surface area contributed by atoms with E-state index in [0.29, 0.717) is 0 Å². The summed E-state index contributed by atoms with van der Waals surface area (Å²) in [6.07, 6.45) is 5.28. The molecule has 0 saturated carbocycles. The summed E-state index contributed by atoms with van der Waals surface area (Å²) in [6.45, 7) is 4.67. The molecule has 18 heavy (non-hydrogen) atoms. The van der Waals surface area contributed by atoms with Crippen molar-refractivity contribution >= 4 is 33.5 Å². The molecule has 1 heterocycles. The molecule has 0 spiro atoms. The van der Waals surface area contributed by atoms with Crippen LogP contribution in [0.3, 0.4) is 0 Å². The second-order valence-corrected chi connectivity index (χ2v) is 7.17. The Morgan fingerprint density at radius 3 is 3.00 bits per heavy atom. The first-order valence-electron chi connectivity index (χ1n) is 6.95. The highest BCUT2D eigenvalue weighted by Crippen LogP contribution is 2.39. The minimum Gasteiger partial charge on any atom is -0.358 e. The maximum absolute atomic E-state index is 3.70. The molecule has 0 saturated heterocycles. The molecule has 1 aromatic heterocycles. The lowest BCUT2D eigenvalue weighted by molar-refractivity contribution is 0.442. The fourth-order valence-corrected chi connectivity index (χ4v) is 3.82. The van der Waals surface area contributed by atoms with E-state index in [1.54, 1.807) is 5.56 Å². The third kappa shape index (κ3) is 2.20. The van der Waals surface area contributed by atoms with Crippen LogP contribution in [-0.4, -0.2) is 4.98 Å². The Kier molecular flexibility index (Phi) is 3.39. The minimum absolute atomic E-state index is 0.749. The smallest absolute Gasteiger partial charge is 0.0459 e. The molecular weight excluding hydrogens is 333 g/mol. The highest BCUT2D eigenvalue weighted by molar-refractivity contribution is 14.1. The van der Waals surface area contributed by atoms with E-state index in [1.807, 2.05) is 0 Å². The van der Waals surface area contributed by atoms with Crippen LogP contribution in [0.15, 0.2) is 18.2 Å². The van der Waals surface area contributed by atoms with Crippen LogP contribution in [0, 0.1) is 9.49 Å². The first kappa shape index (κ1) is 12.5. The number of benzene rings is 1. The summed E-state index contributed by atoms with van der Waals surface area (Å²) in [5.74, 6) is 1.53. The number of nitrogens with one attached hydrogen (secondary N) is 1. The molecule has 1 nitrogen and oxygen atoms in total. The molecule has 0 amide bonds. The van der Waals surface area contributed by atoms with Crippen LogP contribution in [0.25, 0.3) is 10.9 Å². The average Bonchev–Trinajstić information content (AvgIpc) is 2.68. The van der Waals surface area contributed by atoms with Gasteiger partial charge in [-0.1, -0.05) is 13.8 Å². The van der Waals surface area contributed by atoms with E-state index in [9.17, 15) is 0 Å². The quantitative estimate of drug-likeness (QED) is 0.711. The first-order valence-corrected chi connectivity index (χ1v) is 8.03. The molecule has 0 bridgehead atoms. The maximum Gasteiger partial charge on any atom is 0.0459 e. The lowest BCUT2D eigenvalue weighted by Gasteiger charge is -2.24. The van der Waals surface area contributed by atoms with Crippen LogP contribution in [0.2, 0.25) is 0 Å². The van der Waals surface area contributed by atoms with E-state index >= 15 is 0 Å². The average molecular weight is 353 g/mol. The Hall–Kier alpha value is -0.510. The van der Waals surface area contributed by atoms with E-state index in [0.717, 1.165) is 11.8 Å². The van der Waals surface area contributed by atoms with Gasteiger partial charge in [-0.2, -0.15) is 0 Å². The molecule has 0 radical (unpaired) electrons. The number of hydrogen-bond donors (Lipinski definition) is 1. The zero-order valence-electron chi connectivity index (χ0n) is 11.1. The van der Waals surface area contributed by atoms with Gasteiger partial charge in [-0.15, -0.1) is 0 Å². The summed E-state index contributed by atoms with van der Waals surface area (Å²) in [5, 5.41) is 1.46. The van der Waals surface area contributed by atoms with Crippen LogP contribution in [-0.2, 0) is 6.42 Å². The van der Waals surface area contributed by atoms with Gasteiger partial charge in [0, 0.05) is 20.2 Å². The molecular formula is C16H20IN. The topological polar surface area (TPSA) is 15.8 Å². The van der Waals surface area contributed by atoms with Gasteiger partial charge in [0.25, 0.3) is 0 Å². The lowest BCUT2D eigenvalue weighted by Crippen LogP contribution is -2.11. The Bertz CT molecular complexity index is 568. The van der Waals surface area contributed by atoms with E-state index in [4.69, 9.17) is 0 Å². The fraction of sp³-hybridized carbons (Fsp3) is 0.500. The van der Waals surface area contributed by atoms with Gasteiger partial charge in [-0.3, -0.25) is 0 Å². The van der Waals surface area contributed by atoms with Gasteiger partial charge in [-0.05, 0) is 83.9 Å². The maximum atomic E-state index is 3.70. The highest BCUT2D eigenvalue weighted by atomic mass is 127. The van der Waals surface area contributed by atoms with Crippen molar-refractivity contribution < 1.29 is 0 Å². The standard InChI is InChI=1S/C16H20IN/c1-10(2)8-11-4-3-5-13-14-9-12(17)6-7-15(14)18-16(11)13/h6-7,9-11,18H,3-5,8H2,1-2H3. The van der Waals surface area contributed by atoms with E-state index in [-0.39, 0.29) is 0 Å². The molecule has 2 heteroatoms. The van der Waals surface area contributed by atoms with Crippen molar-refractivity contribution in [3.8, 4) is 0 Å². The zero-order chi connectivity index (χ0) is 12.7. The summed E-state index contributed by atoms with van der Waals surface area (Å²) >= 11 is 2.41. The van der Waals surface area contributed by atoms with Crippen LogP contribution >= 0.6 is 22.6 Å². The number of H-pyrrole nitrogens is 1. The SMILES string of the molecule is CC(C)CC1CCCc2c1[nH]c1ccc(I)cc21. The van der Waals surface area contributed by atoms with Crippen molar-refractivity contribution in [3.05, 3.63) is 33.0 Å². The molecule has 1 N–H and O–H groups in total. The van der Waals surface area contributed by atoms with Crippen LogP contribution in [0.5, 0.6) is 0 Å². The number of fused-ring (bicyclic) bond motifs is 3. The molecule has 1 aliphatic rings. The lowest BCUT2D eigenvalue weighted by atomic mass is 9.82. The first-order chi connectivity index (χ1) is 8.65. The van der Waals surface area contributed by atoms with Gasteiger partial charge in [0.05, 0.1) is 0 Å². The molecule has 0 aliphatic heterocycles. The largest absolute Gasteiger partial charge is 0.358 e. The summed E-state index contributed by atoms with van der Waals surface area (Å²) in [4.78, 5) is 3.70. The molecule has 2 aromatic rings. The van der Waals surface area contributed by atoms with Crippen LogP contribution in [0.1, 0.15) is 50.3 Å². The van der Waals surface area contributed by atoms with E-state index in [1.165, 1.54) is 45.9 Å². The molecule has 1 atom stereocenters. The number of rotatable bonds is 2. The number of hydrogen-bond acceptors (Lipinski definition) is 0. The Morgan fingerprint density at radius 2 is 2.22 bits per heavy atom. The predicted molar refractivity (Wildman–Crippen MR) is 86.1 cm³/mol. The van der Waals surface area contributed by atoms with Crippen molar-refractivity contribution in [3.63, 3.8) is 0 Å². The number of aryl methyl sites for hydroxylation is 1. The summed E-state index contributed by atoms with van der Waals surface area (Å²) in [6, 6.07) is 6.77. The van der Waals surface area contributed by atoms with Crippen molar-refractivity contribution in [2.75, 3.05) is 0 Å². The summed E-state index contributed by atoms with van der Waals surface area (Å²) in [5.41, 5.74) is 4.46. The fourth-order valence-electron chi connectivity index (χ4n) is 3.33. The molecule has 1 aliphatic carbocycles. The van der Waals surface area contributed by atoms with Gasteiger partial charge < -0.3 is 4.98 Å². The predicted octanol–water partition coefficient (Wildman–Crippen LogP) is 5.24. The van der Waals surface area contributed by atoms with Crippen molar-refractivity contribution in [1.82, 2.24) is 4.98 Å². The van der Waals surface area contributed by atoms with Gasteiger partial charge in [0.15, 0.2) is 0 Å². The summed E-state index contributed by atoms with van der Waals surface area (Å²) < 4.78 is 1.34. The van der Waals surface area contributed by atoms with Gasteiger partial charge >= 0.3 is 0 Å². The van der Waals surface area contributed by atoms with E-state index in [2.05, 4.69) is 59.6 Å². The van der Waals surface area contributed by atoms with Crippen molar-refractivity contribution in [1.29, 1.82) is 0 Å². The van der Waals surface area contributed by atoms with Crippen LogP contribution in [0.4, 0.5) is 0 Å². The van der Waals surface area contributed by atoms with E-state index < -0.39 is 0 Å². The van der Waals surface area contributed by atoms with Crippen molar-refractivity contribution in [2.24, 2.45) is 5.92 Å². The van der Waals surface area contributed by atoms with Gasteiger partial charge in [-0.25, -0.2) is 0 Å². The Balaban J connectivity index is 2.09. The Morgan fingerprint density at radius 1 is 1.39 bits per heavy atom. The third-order valence-corrected chi connectivity index (χ3v) is 4.72.